The summed E-state index contributed by atoms with van der Waals surface area (Å²) in [6.45, 7) is 0. The molecule has 0 saturated carbocycles. The number of hydrogen-bond acceptors (Lipinski definition) is 4. The highest BCUT2D eigenvalue weighted by Gasteiger charge is 2.21. The van der Waals surface area contributed by atoms with Gasteiger partial charge < -0.3 is 10.2 Å². The van der Waals surface area contributed by atoms with Gasteiger partial charge >= 0.3 is 0 Å². The van der Waals surface area contributed by atoms with E-state index in [2.05, 4.69) is 5.32 Å². The third-order valence-corrected chi connectivity index (χ3v) is 4.69. The van der Waals surface area contributed by atoms with Crippen LogP contribution < -0.4 is 10.0 Å². The highest BCUT2D eigenvalue weighted by atomic mass is 32.2. The number of benzene rings is 2. The molecular formula is C16H15F3N4O3S. The average molecular weight is 400 g/mol. The average Bonchev–Trinajstić information content (AvgIpc) is 2.57. The second-order valence-electron chi connectivity index (χ2n) is 5.57. The first-order valence-electron chi connectivity index (χ1n) is 7.36. The van der Waals surface area contributed by atoms with Crippen LogP contribution in [0.1, 0.15) is 10.4 Å². The molecule has 0 unspecified atom stereocenters. The lowest BCUT2D eigenvalue weighted by molar-refractivity contribution is 0.102. The molecule has 11 heteroatoms. The van der Waals surface area contributed by atoms with Crippen molar-refractivity contribution < 1.29 is 26.4 Å². The molecule has 0 fully saturated rings. The van der Waals surface area contributed by atoms with Crippen LogP contribution >= 0.6 is 0 Å². The number of carbonyl (C=O) groups is 1. The molecular weight excluding hydrogens is 385 g/mol. The van der Waals surface area contributed by atoms with E-state index in [0.29, 0.717) is 6.07 Å². The maximum Gasteiger partial charge on any atom is 0.264 e. The van der Waals surface area contributed by atoms with Gasteiger partial charge in [-0.05, 0) is 30.3 Å². The van der Waals surface area contributed by atoms with Crippen LogP contribution in [0.25, 0.3) is 0 Å². The Morgan fingerprint density at radius 1 is 1.00 bits per heavy atom. The van der Waals surface area contributed by atoms with E-state index < -0.39 is 49.8 Å². The van der Waals surface area contributed by atoms with Crippen LogP contribution in [0.3, 0.4) is 0 Å². The fraction of sp³-hybridized carbons (Fsp3) is 0.125. The number of sulfonamides is 1. The van der Waals surface area contributed by atoms with E-state index in [9.17, 15) is 26.4 Å². The van der Waals surface area contributed by atoms with E-state index in [1.165, 1.54) is 19.0 Å². The van der Waals surface area contributed by atoms with Gasteiger partial charge in [-0.25, -0.2) is 26.3 Å². The Bertz CT molecular complexity index is 1010. The second kappa shape index (κ2) is 7.66. The Balaban J connectivity index is 2.32. The van der Waals surface area contributed by atoms with Crippen LogP contribution in [-0.4, -0.2) is 39.3 Å². The van der Waals surface area contributed by atoms with Crippen LogP contribution in [0.2, 0.25) is 0 Å². The number of nitrogens with zero attached hydrogens (tertiary/aromatic N) is 1. The molecule has 0 radical (unpaired) electrons. The molecule has 2 rings (SSSR count). The predicted octanol–water partition coefficient (Wildman–Crippen LogP) is 2.13. The van der Waals surface area contributed by atoms with Gasteiger partial charge in [0.2, 0.25) is 5.96 Å². The summed E-state index contributed by atoms with van der Waals surface area (Å²) in [7, 11) is -1.35. The van der Waals surface area contributed by atoms with Crippen molar-refractivity contribution in [2.45, 2.75) is 4.90 Å². The van der Waals surface area contributed by atoms with Crippen molar-refractivity contribution in [3.8, 4) is 0 Å². The van der Waals surface area contributed by atoms with Gasteiger partial charge in [0, 0.05) is 25.8 Å². The van der Waals surface area contributed by atoms with Gasteiger partial charge in [-0.2, -0.15) is 0 Å². The summed E-state index contributed by atoms with van der Waals surface area (Å²) in [5, 5.41) is 9.68. The summed E-state index contributed by atoms with van der Waals surface area (Å²) in [6, 6.07) is 5.01. The van der Waals surface area contributed by atoms with E-state index in [4.69, 9.17) is 5.41 Å². The van der Waals surface area contributed by atoms with Crippen molar-refractivity contribution in [3.05, 3.63) is 59.4 Å². The Morgan fingerprint density at radius 3 is 2.22 bits per heavy atom. The number of carbonyl (C=O) groups excluding carboxylic acids is 1. The number of guanidine groups is 1. The van der Waals surface area contributed by atoms with Crippen molar-refractivity contribution >= 4 is 27.6 Å². The summed E-state index contributed by atoms with van der Waals surface area (Å²) < 4.78 is 66.6. The van der Waals surface area contributed by atoms with Crippen LogP contribution in [0.4, 0.5) is 18.9 Å². The molecule has 0 aromatic heterocycles. The molecule has 144 valence electrons. The topological polar surface area (TPSA) is 102 Å². The van der Waals surface area contributed by atoms with Crippen molar-refractivity contribution in [1.82, 2.24) is 9.62 Å². The molecule has 0 aliphatic heterocycles. The van der Waals surface area contributed by atoms with E-state index in [1.807, 2.05) is 4.72 Å². The maximum atomic E-state index is 14.0. The van der Waals surface area contributed by atoms with Crippen LogP contribution in [0, 0.1) is 22.9 Å². The van der Waals surface area contributed by atoms with Gasteiger partial charge in [-0.1, -0.05) is 0 Å². The minimum absolute atomic E-state index is 0.140. The van der Waals surface area contributed by atoms with Gasteiger partial charge in [0.25, 0.3) is 15.9 Å². The molecule has 1 amide bonds. The quantitative estimate of drug-likeness (QED) is 0.540. The molecule has 0 bridgehead atoms. The van der Waals surface area contributed by atoms with Gasteiger partial charge in [0.1, 0.15) is 5.82 Å². The van der Waals surface area contributed by atoms with Crippen LogP contribution in [0.15, 0.2) is 41.3 Å². The fourth-order valence-corrected chi connectivity index (χ4v) is 2.97. The van der Waals surface area contributed by atoms with Crippen molar-refractivity contribution in [1.29, 1.82) is 5.41 Å². The zero-order valence-electron chi connectivity index (χ0n) is 14.2. The van der Waals surface area contributed by atoms with E-state index >= 15 is 0 Å². The minimum atomic E-state index is -4.23. The van der Waals surface area contributed by atoms with Gasteiger partial charge in [-0.3, -0.25) is 10.2 Å². The largest absolute Gasteiger partial charge is 0.348 e. The van der Waals surface area contributed by atoms with Gasteiger partial charge in [0.05, 0.1) is 10.5 Å². The van der Waals surface area contributed by atoms with Crippen LogP contribution in [-0.2, 0) is 10.0 Å². The smallest absolute Gasteiger partial charge is 0.264 e. The lowest BCUT2D eigenvalue weighted by atomic mass is 10.2. The first-order chi connectivity index (χ1) is 12.5. The molecule has 7 nitrogen and oxygen atoms in total. The number of nitrogens with one attached hydrogen (secondary N) is 3. The lowest BCUT2D eigenvalue weighted by Crippen LogP contribution is -2.39. The predicted molar refractivity (Wildman–Crippen MR) is 92.4 cm³/mol. The first kappa shape index (κ1) is 20.2. The number of rotatable bonds is 4. The third-order valence-electron chi connectivity index (χ3n) is 3.35. The molecule has 2 aromatic rings. The summed E-state index contributed by atoms with van der Waals surface area (Å²) in [5.41, 5.74) is -0.766. The standard InChI is InChI=1S/C16H15F3N4O3S/c1-23(2)16(20)22-27(25,26)10-4-6-12(17)11(8-10)15(24)21-9-3-5-13(18)14(19)7-9/h3-8H,1-2H3,(H2,20,22)(H,21,24). The third kappa shape index (κ3) is 4.76. The highest BCUT2D eigenvalue weighted by Crippen LogP contribution is 2.18. The molecule has 2 aromatic carbocycles. The van der Waals surface area contributed by atoms with Crippen molar-refractivity contribution in [2.75, 3.05) is 19.4 Å². The monoisotopic (exact) mass is 400 g/mol. The van der Waals surface area contributed by atoms with Crippen LogP contribution in [0.5, 0.6) is 0 Å². The highest BCUT2D eigenvalue weighted by molar-refractivity contribution is 7.90. The Morgan fingerprint density at radius 2 is 1.63 bits per heavy atom. The molecule has 0 heterocycles. The Kier molecular flexibility index (Phi) is 5.74. The number of anilines is 1. The molecule has 0 atom stereocenters. The molecule has 0 saturated heterocycles. The van der Waals surface area contributed by atoms with Crippen molar-refractivity contribution in [2.24, 2.45) is 0 Å². The molecule has 0 aliphatic rings. The maximum absolute atomic E-state index is 14.0. The van der Waals surface area contributed by atoms with E-state index in [0.717, 1.165) is 30.3 Å². The molecule has 3 N–H and O–H groups in total. The van der Waals surface area contributed by atoms with Gasteiger partial charge in [-0.15, -0.1) is 0 Å². The molecule has 27 heavy (non-hydrogen) atoms. The number of hydrogen-bond donors (Lipinski definition) is 3. The Hall–Kier alpha value is -3.08. The minimum Gasteiger partial charge on any atom is -0.348 e. The normalized spacial score (nSPS) is 11.0. The first-order valence-corrected chi connectivity index (χ1v) is 8.84. The van der Waals surface area contributed by atoms with Crippen molar-refractivity contribution in [3.63, 3.8) is 0 Å². The Labute approximate surface area is 153 Å². The van der Waals surface area contributed by atoms with Gasteiger partial charge in [0.15, 0.2) is 11.6 Å². The zero-order chi connectivity index (χ0) is 20.4. The van der Waals surface area contributed by atoms with E-state index in [1.54, 1.807) is 0 Å². The SMILES string of the molecule is CN(C)C(=N)NS(=O)(=O)c1ccc(F)c(C(=O)Nc2ccc(F)c(F)c2)c1. The summed E-state index contributed by atoms with van der Waals surface area (Å²) in [5.74, 6) is -4.85. The lowest BCUT2D eigenvalue weighted by Gasteiger charge is -2.16. The summed E-state index contributed by atoms with van der Waals surface area (Å²) >= 11 is 0. The number of halogens is 3. The zero-order valence-corrected chi connectivity index (χ0v) is 15.0. The fourth-order valence-electron chi connectivity index (χ4n) is 1.90. The number of amides is 1. The molecule has 0 aliphatic carbocycles. The molecule has 0 spiro atoms. The summed E-state index contributed by atoms with van der Waals surface area (Å²) in [6.07, 6.45) is 0. The second-order valence-corrected chi connectivity index (χ2v) is 7.26. The van der Waals surface area contributed by atoms with E-state index in [-0.39, 0.29) is 5.69 Å². The summed E-state index contributed by atoms with van der Waals surface area (Å²) in [4.78, 5) is 12.9.